The van der Waals surface area contributed by atoms with Crippen molar-refractivity contribution in [3.05, 3.63) is 29.8 Å². The third kappa shape index (κ3) is 4.56. The number of benzene rings is 1. The molecule has 2 rings (SSSR count). The number of nitrogens with zero attached hydrogens (tertiary/aromatic N) is 2. The van der Waals surface area contributed by atoms with Crippen LogP contribution in [0, 0.1) is 0 Å². The molecule has 22 heavy (non-hydrogen) atoms. The monoisotopic (exact) mass is 353 g/mol. The van der Waals surface area contributed by atoms with Crippen molar-refractivity contribution in [1.29, 1.82) is 0 Å². The van der Waals surface area contributed by atoms with Gasteiger partial charge in [0.15, 0.2) is 14.5 Å². The van der Waals surface area contributed by atoms with Crippen LogP contribution in [0.4, 0.5) is 5.69 Å². The lowest BCUT2D eigenvalue weighted by atomic mass is 10.1. The zero-order valence-corrected chi connectivity index (χ0v) is 14.8. The highest BCUT2D eigenvalue weighted by Crippen LogP contribution is 2.30. The molecule has 1 amide bonds. The van der Waals surface area contributed by atoms with Gasteiger partial charge in [-0.1, -0.05) is 47.0 Å². The summed E-state index contributed by atoms with van der Waals surface area (Å²) in [7, 11) is 0. The van der Waals surface area contributed by atoms with Crippen LogP contribution in [0.25, 0.3) is 0 Å². The van der Waals surface area contributed by atoms with E-state index in [-0.39, 0.29) is 16.9 Å². The van der Waals surface area contributed by atoms with Crippen LogP contribution in [0.2, 0.25) is 0 Å². The van der Waals surface area contributed by atoms with Crippen LogP contribution in [-0.2, 0) is 4.79 Å². The Kier molecular flexibility index (Phi) is 5.98. The average Bonchev–Trinajstić information content (AvgIpc) is 2.95. The maximum Gasteiger partial charge on any atom is 0.237 e. The number of rotatable bonds is 6. The van der Waals surface area contributed by atoms with Crippen molar-refractivity contribution in [2.45, 2.75) is 27.8 Å². The number of Topliss-reactive ketones (excluding diaryl/α,β-unsaturated/α-hetero) is 1. The number of aromatic nitrogens is 2. The molecule has 0 bridgehead atoms. The first-order valence-electron chi connectivity index (χ1n) is 6.45. The van der Waals surface area contributed by atoms with Crippen LogP contribution in [0.5, 0.6) is 0 Å². The van der Waals surface area contributed by atoms with Crippen LogP contribution in [0.1, 0.15) is 24.2 Å². The predicted octanol–water partition coefficient (Wildman–Crippen LogP) is 3.58. The van der Waals surface area contributed by atoms with Crippen LogP contribution in [0.15, 0.2) is 32.9 Å². The van der Waals surface area contributed by atoms with E-state index in [1.807, 2.05) is 13.2 Å². The Labute approximate surface area is 141 Å². The Bertz CT molecular complexity index is 687. The molecule has 0 aliphatic heterocycles. The minimum atomic E-state index is -0.302. The Morgan fingerprint density at radius 1 is 1.27 bits per heavy atom. The van der Waals surface area contributed by atoms with E-state index in [9.17, 15) is 9.59 Å². The molecule has 2 aromatic rings. The van der Waals surface area contributed by atoms with Crippen LogP contribution >= 0.6 is 34.9 Å². The van der Waals surface area contributed by atoms with Crippen LogP contribution in [0.3, 0.4) is 0 Å². The van der Waals surface area contributed by atoms with Gasteiger partial charge in [0, 0.05) is 11.3 Å². The molecule has 0 saturated heterocycles. The molecule has 0 radical (unpaired) electrons. The molecule has 8 heteroatoms. The van der Waals surface area contributed by atoms with Crippen molar-refractivity contribution in [2.24, 2.45) is 0 Å². The smallest absolute Gasteiger partial charge is 0.237 e. The van der Waals surface area contributed by atoms with E-state index in [1.165, 1.54) is 41.8 Å². The number of anilines is 1. The Morgan fingerprint density at radius 3 is 2.64 bits per heavy atom. The third-order valence-corrected chi connectivity index (χ3v) is 5.83. The predicted molar refractivity (Wildman–Crippen MR) is 92.1 cm³/mol. The SMILES string of the molecule is CSc1nnc(S[C@@H](C)C(=O)Nc2cccc(C(C)=O)c2)s1. The molecule has 1 aromatic carbocycles. The fraction of sp³-hybridized carbons (Fsp3) is 0.286. The van der Waals surface area contributed by atoms with Gasteiger partial charge in [0.1, 0.15) is 0 Å². The van der Waals surface area contributed by atoms with E-state index >= 15 is 0 Å². The zero-order chi connectivity index (χ0) is 16.1. The summed E-state index contributed by atoms with van der Waals surface area (Å²) >= 11 is 4.37. The minimum Gasteiger partial charge on any atom is -0.325 e. The first-order valence-corrected chi connectivity index (χ1v) is 9.37. The van der Waals surface area contributed by atoms with Crippen molar-refractivity contribution in [1.82, 2.24) is 10.2 Å². The normalized spacial score (nSPS) is 12.0. The summed E-state index contributed by atoms with van der Waals surface area (Å²) in [4.78, 5) is 23.6. The molecule has 1 atom stereocenters. The highest BCUT2D eigenvalue weighted by atomic mass is 32.2. The summed E-state index contributed by atoms with van der Waals surface area (Å²) in [6, 6.07) is 6.91. The van der Waals surface area contributed by atoms with Gasteiger partial charge in [0.25, 0.3) is 0 Å². The number of ketones is 1. The second-order valence-electron chi connectivity index (χ2n) is 4.42. The zero-order valence-electron chi connectivity index (χ0n) is 12.3. The van der Waals surface area contributed by atoms with Gasteiger partial charge in [-0.05, 0) is 32.2 Å². The van der Waals surface area contributed by atoms with E-state index in [2.05, 4.69) is 15.5 Å². The molecule has 0 aliphatic carbocycles. The van der Waals surface area contributed by atoms with Crippen molar-refractivity contribution in [2.75, 3.05) is 11.6 Å². The lowest BCUT2D eigenvalue weighted by molar-refractivity contribution is -0.115. The number of thioether (sulfide) groups is 2. The molecule has 0 saturated carbocycles. The standard InChI is InChI=1S/C14H15N3O2S3/c1-8(18)10-5-4-6-11(7-10)15-12(19)9(2)21-14-17-16-13(20-3)22-14/h4-7,9H,1-3H3,(H,15,19)/t9-/m0/s1. The van der Waals surface area contributed by atoms with Gasteiger partial charge in [-0.25, -0.2) is 0 Å². The summed E-state index contributed by atoms with van der Waals surface area (Å²) in [5, 5.41) is 10.6. The molecule has 0 fully saturated rings. The molecular weight excluding hydrogens is 338 g/mol. The lowest BCUT2D eigenvalue weighted by Crippen LogP contribution is -2.22. The van der Waals surface area contributed by atoms with Crippen molar-refractivity contribution in [3.63, 3.8) is 0 Å². The van der Waals surface area contributed by atoms with Crippen molar-refractivity contribution >= 4 is 52.2 Å². The van der Waals surface area contributed by atoms with E-state index in [1.54, 1.807) is 24.3 Å². The van der Waals surface area contributed by atoms with Crippen LogP contribution < -0.4 is 5.32 Å². The molecule has 0 aliphatic rings. The number of nitrogens with one attached hydrogen (secondary N) is 1. The second-order valence-corrected chi connectivity index (χ2v) is 8.04. The molecule has 1 aromatic heterocycles. The molecular formula is C14H15N3O2S3. The molecule has 116 valence electrons. The van der Waals surface area contributed by atoms with Crippen LogP contribution in [-0.4, -0.2) is 33.4 Å². The number of carbonyl (C=O) groups excluding carboxylic acids is 2. The maximum atomic E-state index is 12.2. The maximum absolute atomic E-state index is 12.2. The summed E-state index contributed by atoms with van der Waals surface area (Å²) in [5.41, 5.74) is 1.19. The number of amides is 1. The van der Waals surface area contributed by atoms with Crippen molar-refractivity contribution in [3.8, 4) is 0 Å². The van der Waals surface area contributed by atoms with E-state index in [0.717, 1.165) is 8.68 Å². The van der Waals surface area contributed by atoms with Gasteiger partial charge in [0.05, 0.1) is 5.25 Å². The summed E-state index contributed by atoms with van der Waals surface area (Å²) in [6.07, 6.45) is 1.94. The Balaban J connectivity index is 1.99. The van der Waals surface area contributed by atoms with Crippen molar-refractivity contribution < 1.29 is 9.59 Å². The topological polar surface area (TPSA) is 72.0 Å². The lowest BCUT2D eigenvalue weighted by Gasteiger charge is -2.10. The summed E-state index contributed by atoms with van der Waals surface area (Å²) in [5.74, 6) is -0.163. The fourth-order valence-electron chi connectivity index (χ4n) is 1.59. The summed E-state index contributed by atoms with van der Waals surface area (Å²) < 4.78 is 1.65. The largest absolute Gasteiger partial charge is 0.325 e. The Hall–Kier alpha value is -1.38. The van der Waals surface area contributed by atoms with Gasteiger partial charge in [-0.3, -0.25) is 9.59 Å². The van der Waals surface area contributed by atoms with Gasteiger partial charge in [-0.2, -0.15) is 0 Å². The van der Waals surface area contributed by atoms with Gasteiger partial charge < -0.3 is 5.32 Å². The highest BCUT2D eigenvalue weighted by Gasteiger charge is 2.17. The number of carbonyl (C=O) groups is 2. The third-order valence-electron chi connectivity index (χ3n) is 2.75. The fourth-order valence-corrected chi connectivity index (χ4v) is 4.17. The minimum absolute atomic E-state index is 0.0306. The summed E-state index contributed by atoms with van der Waals surface area (Å²) in [6.45, 7) is 3.31. The van der Waals surface area contributed by atoms with Gasteiger partial charge in [0.2, 0.25) is 5.91 Å². The number of hydrogen-bond acceptors (Lipinski definition) is 7. The molecule has 5 nitrogen and oxygen atoms in total. The van der Waals surface area contributed by atoms with E-state index in [4.69, 9.17) is 0 Å². The first-order chi connectivity index (χ1) is 10.5. The average molecular weight is 353 g/mol. The molecule has 1 heterocycles. The highest BCUT2D eigenvalue weighted by molar-refractivity contribution is 8.03. The molecule has 0 unspecified atom stereocenters. The number of hydrogen-bond donors (Lipinski definition) is 1. The second kappa shape index (κ2) is 7.75. The first kappa shape index (κ1) is 17.0. The molecule has 0 spiro atoms. The molecule has 1 N–H and O–H groups in total. The van der Waals surface area contributed by atoms with Gasteiger partial charge >= 0.3 is 0 Å². The quantitative estimate of drug-likeness (QED) is 0.632. The van der Waals surface area contributed by atoms with E-state index < -0.39 is 0 Å². The Morgan fingerprint density at radius 2 is 2.00 bits per heavy atom. The van der Waals surface area contributed by atoms with E-state index in [0.29, 0.717) is 11.3 Å². The van der Waals surface area contributed by atoms with Gasteiger partial charge in [-0.15, -0.1) is 10.2 Å².